The van der Waals surface area contributed by atoms with Crippen LogP contribution in [0.5, 0.6) is 0 Å². The van der Waals surface area contributed by atoms with Crippen LogP contribution in [0.3, 0.4) is 0 Å². The Morgan fingerprint density at radius 2 is 1.50 bits per heavy atom. The third-order valence-corrected chi connectivity index (χ3v) is 7.01. The molecule has 0 aromatic heterocycles. The Bertz CT molecular complexity index is 480. The van der Waals surface area contributed by atoms with Gasteiger partial charge in [-0.25, -0.2) is 0 Å². The molecule has 4 fully saturated rings. The van der Waals surface area contributed by atoms with E-state index in [1.807, 2.05) is 0 Å². The van der Waals surface area contributed by atoms with Gasteiger partial charge in [-0.3, -0.25) is 9.69 Å². The molecule has 4 saturated heterocycles. The van der Waals surface area contributed by atoms with Crippen molar-refractivity contribution < 1.29 is 9.53 Å². The average molecular weight is 436 g/mol. The van der Waals surface area contributed by atoms with E-state index >= 15 is 0 Å². The molecule has 0 aromatic carbocycles. The zero-order valence-corrected chi connectivity index (χ0v) is 19.1. The van der Waals surface area contributed by atoms with E-state index < -0.39 is 0 Å². The minimum atomic E-state index is 0. The van der Waals surface area contributed by atoms with Crippen molar-refractivity contribution in [1.29, 1.82) is 0 Å². The fourth-order valence-corrected chi connectivity index (χ4v) is 5.88. The van der Waals surface area contributed by atoms with Gasteiger partial charge in [-0.05, 0) is 64.2 Å². The smallest absolute Gasteiger partial charge is 0.222 e. The maximum atomic E-state index is 12.8. The number of ether oxygens (including phenoxy) is 1. The SMILES string of the molecule is CC1CN(CC2CCN(C(=O)CC3CC4CCC(C3)N4)CC2)CC(C)O1.Cl.Cl. The number of hydrogen-bond donors (Lipinski definition) is 1. The van der Waals surface area contributed by atoms with E-state index in [1.54, 1.807) is 0 Å². The predicted molar refractivity (Wildman–Crippen MR) is 118 cm³/mol. The van der Waals surface area contributed by atoms with Crippen molar-refractivity contribution >= 4 is 30.7 Å². The highest BCUT2D eigenvalue weighted by Crippen LogP contribution is 2.33. The maximum Gasteiger partial charge on any atom is 0.222 e. The van der Waals surface area contributed by atoms with Gasteiger partial charge in [0, 0.05) is 51.2 Å². The van der Waals surface area contributed by atoms with Crippen molar-refractivity contribution in [2.45, 2.75) is 83.1 Å². The van der Waals surface area contributed by atoms with Crippen LogP contribution < -0.4 is 5.32 Å². The number of likely N-dealkylation sites (tertiary alicyclic amines) is 1. The van der Waals surface area contributed by atoms with Crippen molar-refractivity contribution in [2.75, 3.05) is 32.7 Å². The highest BCUT2D eigenvalue weighted by Gasteiger charge is 2.35. The summed E-state index contributed by atoms with van der Waals surface area (Å²) in [7, 11) is 0. The molecule has 4 heterocycles. The van der Waals surface area contributed by atoms with Gasteiger partial charge in [-0.15, -0.1) is 24.8 Å². The molecule has 1 amide bonds. The van der Waals surface area contributed by atoms with Crippen LogP contribution in [0.1, 0.15) is 58.8 Å². The number of nitrogens with one attached hydrogen (secondary N) is 1. The van der Waals surface area contributed by atoms with Crippen LogP contribution in [0, 0.1) is 11.8 Å². The molecule has 4 atom stereocenters. The van der Waals surface area contributed by atoms with E-state index in [4.69, 9.17) is 4.74 Å². The first-order valence-electron chi connectivity index (χ1n) is 11.0. The molecule has 28 heavy (non-hydrogen) atoms. The molecule has 4 aliphatic heterocycles. The number of morpholine rings is 1. The number of hydrogen-bond acceptors (Lipinski definition) is 4. The normalized spacial score (nSPS) is 36.5. The summed E-state index contributed by atoms with van der Waals surface area (Å²) in [5.41, 5.74) is 0. The third-order valence-electron chi connectivity index (χ3n) is 7.01. The molecule has 0 aliphatic carbocycles. The van der Waals surface area contributed by atoms with Gasteiger partial charge in [-0.2, -0.15) is 0 Å². The highest BCUT2D eigenvalue weighted by atomic mass is 35.5. The Kier molecular flexibility index (Phi) is 9.34. The number of nitrogens with zero attached hydrogens (tertiary/aromatic N) is 2. The Morgan fingerprint density at radius 1 is 0.929 bits per heavy atom. The second-order valence-corrected chi connectivity index (χ2v) is 9.48. The van der Waals surface area contributed by atoms with Crippen molar-refractivity contribution in [3.63, 3.8) is 0 Å². The lowest BCUT2D eigenvalue weighted by molar-refractivity contribution is -0.134. The number of rotatable bonds is 4. The minimum Gasteiger partial charge on any atom is -0.373 e. The molecule has 0 aromatic rings. The van der Waals surface area contributed by atoms with Crippen LogP contribution in [0.15, 0.2) is 0 Å². The van der Waals surface area contributed by atoms with E-state index in [9.17, 15) is 4.79 Å². The van der Waals surface area contributed by atoms with E-state index in [2.05, 4.69) is 29.0 Å². The lowest BCUT2D eigenvalue weighted by Crippen LogP contribution is -2.49. The summed E-state index contributed by atoms with van der Waals surface area (Å²) < 4.78 is 5.85. The summed E-state index contributed by atoms with van der Waals surface area (Å²) in [6, 6.07) is 1.38. The van der Waals surface area contributed by atoms with Crippen molar-refractivity contribution in [1.82, 2.24) is 15.1 Å². The highest BCUT2D eigenvalue weighted by molar-refractivity contribution is 5.85. The molecule has 1 N–H and O–H groups in total. The van der Waals surface area contributed by atoms with Crippen LogP contribution in [-0.2, 0) is 9.53 Å². The summed E-state index contributed by atoms with van der Waals surface area (Å²) in [5.74, 6) is 1.78. The van der Waals surface area contributed by atoms with Gasteiger partial charge in [0.05, 0.1) is 12.2 Å². The lowest BCUT2D eigenvalue weighted by atomic mass is 9.88. The van der Waals surface area contributed by atoms with Crippen LogP contribution in [0.2, 0.25) is 0 Å². The predicted octanol–water partition coefficient (Wildman–Crippen LogP) is 3.10. The third kappa shape index (κ3) is 6.21. The average Bonchev–Trinajstić information content (AvgIpc) is 2.93. The monoisotopic (exact) mass is 435 g/mol. The number of carbonyl (C=O) groups excluding carboxylic acids is 1. The molecule has 7 heteroatoms. The van der Waals surface area contributed by atoms with Gasteiger partial charge in [0.1, 0.15) is 0 Å². The van der Waals surface area contributed by atoms with Gasteiger partial charge in [0.15, 0.2) is 0 Å². The second-order valence-electron chi connectivity index (χ2n) is 9.48. The molecule has 0 radical (unpaired) electrons. The van der Waals surface area contributed by atoms with Gasteiger partial charge in [0.25, 0.3) is 0 Å². The molecule has 5 nitrogen and oxygen atoms in total. The molecular formula is C21H39Cl2N3O2. The first kappa shape index (κ1) is 24.2. The van der Waals surface area contributed by atoms with E-state index in [0.717, 1.165) is 38.5 Å². The van der Waals surface area contributed by atoms with Crippen molar-refractivity contribution in [3.05, 3.63) is 0 Å². The summed E-state index contributed by atoms with van der Waals surface area (Å²) in [6.07, 6.45) is 8.89. The molecule has 164 valence electrons. The first-order valence-corrected chi connectivity index (χ1v) is 11.0. The molecule has 0 spiro atoms. The number of carbonyl (C=O) groups is 1. The molecular weight excluding hydrogens is 397 g/mol. The Morgan fingerprint density at radius 3 is 2.07 bits per heavy atom. The molecule has 4 unspecified atom stereocenters. The van der Waals surface area contributed by atoms with Gasteiger partial charge < -0.3 is 15.0 Å². The van der Waals surface area contributed by atoms with Crippen LogP contribution >= 0.6 is 24.8 Å². The second kappa shape index (κ2) is 10.8. The standard InChI is InChI=1S/C21H37N3O2.2ClH/c1-15-12-23(13-16(2)26-15)14-17-5-7-24(8-6-17)21(25)11-18-9-19-3-4-20(10-18)22-19;;/h15-20,22H,3-14H2,1-2H3;2*1H. The Labute approximate surface area is 183 Å². The minimum absolute atomic E-state index is 0. The molecule has 0 saturated carbocycles. The first-order chi connectivity index (χ1) is 12.5. The fraction of sp³-hybridized carbons (Fsp3) is 0.952. The Balaban J connectivity index is 0.00000140. The summed E-state index contributed by atoms with van der Waals surface area (Å²) in [6.45, 7) is 9.59. The van der Waals surface area contributed by atoms with Crippen LogP contribution in [0.4, 0.5) is 0 Å². The van der Waals surface area contributed by atoms with Crippen molar-refractivity contribution in [2.24, 2.45) is 11.8 Å². The number of fused-ring (bicyclic) bond motifs is 2. The van der Waals surface area contributed by atoms with E-state index in [0.29, 0.717) is 36.1 Å². The Hall–Kier alpha value is -0.0700. The number of halogens is 2. The van der Waals surface area contributed by atoms with E-state index in [-0.39, 0.29) is 24.8 Å². The van der Waals surface area contributed by atoms with Crippen molar-refractivity contribution in [3.8, 4) is 0 Å². The maximum absolute atomic E-state index is 12.8. The quantitative estimate of drug-likeness (QED) is 0.736. The van der Waals surface area contributed by atoms with Gasteiger partial charge >= 0.3 is 0 Å². The zero-order valence-electron chi connectivity index (χ0n) is 17.5. The fourth-order valence-electron chi connectivity index (χ4n) is 5.88. The topological polar surface area (TPSA) is 44.8 Å². The molecule has 4 rings (SSSR count). The summed E-state index contributed by atoms with van der Waals surface area (Å²) in [4.78, 5) is 17.5. The number of amides is 1. The molecule has 4 aliphatic rings. The molecule has 2 bridgehead atoms. The lowest BCUT2D eigenvalue weighted by Gasteiger charge is -2.40. The summed E-state index contributed by atoms with van der Waals surface area (Å²) >= 11 is 0. The largest absolute Gasteiger partial charge is 0.373 e. The van der Waals surface area contributed by atoms with Crippen LogP contribution in [-0.4, -0.2) is 72.7 Å². The van der Waals surface area contributed by atoms with Crippen LogP contribution in [0.25, 0.3) is 0 Å². The van der Waals surface area contributed by atoms with Gasteiger partial charge in [0.2, 0.25) is 5.91 Å². The number of piperidine rings is 2. The van der Waals surface area contributed by atoms with E-state index in [1.165, 1.54) is 45.1 Å². The zero-order chi connectivity index (χ0) is 18.1. The van der Waals surface area contributed by atoms with Gasteiger partial charge in [-0.1, -0.05) is 0 Å². The summed E-state index contributed by atoms with van der Waals surface area (Å²) in [5, 5.41) is 3.69.